The van der Waals surface area contributed by atoms with Gasteiger partial charge in [-0.3, -0.25) is 4.79 Å². The number of rotatable bonds is 2. The number of nitrogens with one attached hydrogen (secondary N) is 1. The number of methoxy groups -OCH3 is 1. The zero-order valence-corrected chi connectivity index (χ0v) is 8.77. The Kier molecular flexibility index (Phi) is 3.73. The number of esters is 1. The van der Waals surface area contributed by atoms with E-state index in [0.717, 1.165) is 7.11 Å². The monoisotopic (exact) mass is 271 g/mol. The van der Waals surface area contributed by atoms with Crippen LogP contribution in [0.15, 0.2) is 10.9 Å². The maximum absolute atomic E-state index is 12.5. The molecular formula is C9H6F5NO3. The summed E-state index contributed by atoms with van der Waals surface area (Å²) in [6.45, 7) is 0. The quantitative estimate of drug-likeness (QED) is 0.662. The van der Waals surface area contributed by atoms with Gasteiger partial charge in [0.25, 0.3) is 6.43 Å². The average molecular weight is 271 g/mol. The van der Waals surface area contributed by atoms with E-state index in [2.05, 4.69) is 4.74 Å². The number of aromatic amines is 1. The lowest BCUT2D eigenvalue weighted by Gasteiger charge is -2.12. The molecule has 0 bridgehead atoms. The van der Waals surface area contributed by atoms with Crippen LogP contribution in [0.25, 0.3) is 0 Å². The van der Waals surface area contributed by atoms with Gasteiger partial charge < -0.3 is 9.72 Å². The van der Waals surface area contributed by atoms with Crippen molar-refractivity contribution in [3.8, 4) is 0 Å². The zero-order valence-electron chi connectivity index (χ0n) is 8.77. The van der Waals surface area contributed by atoms with Crippen molar-refractivity contribution < 1.29 is 31.5 Å². The van der Waals surface area contributed by atoms with Crippen LogP contribution in [0.4, 0.5) is 22.0 Å². The van der Waals surface area contributed by atoms with Crippen molar-refractivity contribution in [2.45, 2.75) is 12.6 Å². The van der Waals surface area contributed by atoms with Crippen LogP contribution in [-0.4, -0.2) is 18.1 Å². The molecule has 0 spiro atoms. The number of ether oxygens (including phenoxy) is 1. The largest absolute Gasteiger partial charge is 0.464 e. The summed E-state index contributed by atoms with van der Waals surface area (Å²) < 4.78 is 66.3. The molecule has 1 rings (SSSR count). The minimum absolute atomic E-state index is 0.264. The molecular weight excluding hydrogens is 265 g/mol. The van der Waals surface area contributed by atoms with E-state index in [0.29, 0.717) is 0 Å². The highest BCUT2D eigenvalue weighted by Crippen LogP contribution is 2.33. The lowest BCUT2D eigenvalue weighted by atomic mass is 10.1. The van der Waals surface area contributed by atoms with Gasteiger partial charge in [0, 0.05) is 6.07 Å². The first kappa shape index (κ1) is 14.1. The van der Waals surface area contributed by atoms with Gasteiger partial charge in [0.05, 0.1) is 12.8 Å². The Balaban J connectivity index is 3.57. The molecule has 9 heteroatoms. The number of pyridine rings is 1. The summed E-state index contributed by atoms with van der Waals surface area (Å²) in [6.07, 6.45) is -8.83. The van der Waals surface area contributed by atoms with E-state index in [-0.39, 0.29) is 6.07 Å². The van der Waals surface area contributed by atoms with Gasteiger partial charge in [0.15, 0.2) is 5.43 Å². The summed E-state index contributed by atoms with van der Waals surface area (Å²) >= 11 is 0. The lowest BCUT2D eigenvalue weighted by Crippen LogP contribution is -2.25. The molecule has 0 saturated carbocycles. The van der Waals surface area contributed by atoms with Crippen molar-refractivity contribution >= 4 is 5.97 Å². The van der Waals surface area contributed by atoms with Gasteiger partial charge in [-0.2, -0.15) is 13.2 Å². The normalized spacial score (nSPS) is 11.7. The van der Waals surface area contributed by atoms with Crippen LogP contribution in [0.3, 0.4) is 0 Å². The molecule has 0 amide bonds. The number of hydrogen-bond acceptors (Lipinski definition) is 3. The Hall–Kier alpha value is -1.93. The molecule has 0 atom stereocenters. The van der Waals surface area contributed by atoms with E-state index in [9.17, 15) is 31.5 Å². The maximum Gasteiger partial charge on any atom is 0.422 e. The van der Waals surface area contributed by atoms with Crippen molar-refractivity contribution in [3.63, 3.8) is 0 Å². The van der Waals surface area contributed by atoms with Gasteiger partial charge in [0.1, 0.15) is 11.3 Å². The van der Waals surface area contributed by atoms with E-state index in [1.807, 2.05) is 0 Å². The van der Waals surface area contributed by atoms with Gasteiger partial charge in [-0.1, -0.05) is 0 Å². The van der Waals surface area contributed by atoms with Crippen molar-refractivity contribution in [1.82, 2.24) is 4.98 Å². The lowest BCUT2D eigenvalue weighted by molar-refractivity contribution is -0.140. The molecule has 0 aliphatic rings. The highest BCUT2D eigenvalue weighted by Gasteiger charge is 2.39. The third-order valence-corrected chi connectivity index (χ3v) is 1.97. The number of hydrogen-bond donors (Lipinski definition) is 1. The fraction of sp³-hybridized carbons (Fsp3) is 0.333. The minimum Gasteiger partial charge on any atom is -0.464 e. The molecule has 1 aromatic rings. The molecule has 0 aromatic carbocycles. The Morgan fingerprint density at radius 1 is 1.39 bits per heavy atom. The second-order valence-electron chi connectivity index (χ2n) is 3.13. The molecule has 4 nitrogen and oxygen atoms in total. The third-order valence-electron chi connectivity index (χ3n) is 1.97. The summed E-state index contributed by atoms with van der Waals surface area (Å²) in [6, 6.07) is 0.264. The summed E-state index contributed by atoms with van der Waals surface area (Å²) in [4.78, 5) is 23.7. The molecule has 0 radical (unpaired) electrons. The topological polar surface area (TPSA) is 59.2 Å². The van der Waals surface area contributed by atoms with Crippen LogP contribution in [0.2, 0.25) is 0 Å². The molecule has 1 N–H and O–H groups in total. The fourth-order valence-corrected chi connectivity index (χ4v) is 1.26. The minimum atomic E-state index is -5.24. The Bertz CT molecular complexity index is 520. The number of carbonyl (C=O) groups excluding carboxylic acids is 1. The fourth-order valence-electron chi connectivity index (χ4n) is 1.26. The first-order valence-electron chi connectivity index (χ1n) is 4.39. The molecule has 0 aliphatic carbocycles. The Labute approximate surface area is 96.4 Å². The summed E-state index contributed by atoms with van der Waals surface area (Å²) in [5, 5.41) is 0. The molecule has 0 fully saturated rings. The van der Waals surface area contributed by atoms with E-state index in [4.69, 9.17) is 0 Å². The molecule has 0 saturated heterocycles. The SMILES string of the molecule is COC(=O)c1cc(=O)c(C(F)(F)F)c(C(F)F)[nH]1. The second kappa shape index (κ2) is 4.75. The van der Waals surface area contributed by atoms with Gasteiger partial charge in [-0.05, 0) is 0 Å². The predicted molar refractivity (Wildman–Crippen MR) is 48.4 cm³/mol. The molecule has 1 aromatic heterocycles. The Morgan fingerprint density at radius 3 is 2.33 bits per heavy atom. The maximum atomic E-state index is 12.5. The van der Waals surface area contributed by atoms with Crippen LogP contribution < -0.4 is 5.43 Å². The zero-order chi connectivity index (χ0) is 14.1. The molecule has 0 aliphatic heterocycles. The van der Waals surface area contributed by atoms with Crippen LogP contribution >= 0.6 is 0 Å². The molecule has 18 heavy (non-hydrogen) atoms. The smallest absolute Gasteiger partial charge is 0.422 e. The van der Waals surface area contributed by atoms with Gasteiger partial charge in [-0.25, -0.2) is 13.6 Å². The molecule has 100 valence electrons. The van der Waals surface area contributed by atoms with E-state index in [1.54, 1.807) is 4.98 Å². The van der Waals surface area contributed by atoms with Crippen molar-refractivity contribution in [2.24, 2.45) is 0 Å². The van der Waals surface area contributed by atoms with Crippen LogP contribution in [0, 0.1) is 0 Å². The summed E-state index contributed by atoms with van der Waals surface area (Å²) in [7, 11) is 0.889. The van der Waals surface area contributed by atoms with Crippen molar-refractivity contribution in [3.05, 3.63) is 33.2 Å². The first-order chi connectivity index (χ1) is 8.18. The van der Waals surface area contributed by atoms with Crippen molar-refractivity contribution in [2.75, 3.05) is 7.11 Å². The van der Waals surface area contributed by atoms with E-state index < -0.39 is 41.0 Å². The van der Waals surface area contributed by atoms with Crippen LogP contribution in [0.5, 0.6) is 0 Å². The van der Waals surface area contributed by atoms with Crippen LogP contribution in [0.1, 0.15) is 28.2 Å². The van der Waals surface area contributed by atoms with E-state index >= 15 is 0 Å². The molecule has 0 unspecified atom stereocenters. The second-order valence-corrected chi connectivity index (χ2v) is 3.13. The summed E-state index contributed by atoms with van der Waals surface area (Å²) in [5.74, 6) is -1.22. The summed E-state index contributed by atoms with van der Waals surface area (Å²) in [5.41, 5.74) is -6.18. The van der Waals surface area contributed by atoms with Gasteiger partial charge >= 0.3 is 12.1 Å². The number of halogens is 5. The van der Waals surface area contributed by atoms with Crippen molar-refractivity contribution in [1.29, 1.82) is 0 Å². The third kappa shape index (κ3) is 2.66. The number of H-pyrrole nitrogens is 1. The molecule has 1 heterocycles. The van der Waals surface area contributed by atoms with Gasteiger partial charge in [-0.15, -0.1) is 0 Å². The van der Waals surface area contributed by atoms with Gasteiger partial charge in [0.2, 0.25) is 0 Å². The average Bonchev–Trinajstić information content (AvgIpc) is 2.24. The van der Waals surface area contributed by atoms with Crippen LogP contribution in [-0.2, 0) is 10.9 Å². The predicted octanol–water partition coefficient (Wildman–Crippen LogP) is 2.12. The Morgan fingerprint density at radius 2 is 1.94 bits per heavy atom. The standard InChI is InChI=1S/C9H6F5NO3/c1-18-8(17)3-2-4(16)5(9(12,13)14)6(15-3)7(10)11/h2,7H,1H3,(H,15,16). The highest BCUT2D eigenvalue weighted by atomic mass is 19.4. The first-order valence-corrected chi connectivity index (χ1v) is 4.39. The van der Waals surface area contributed by atoms with E-state index in [1.165, 1.54) is 0 Å². The number of aromatic nitrogens is 1. The number of alkyl halides is 5. The number of carbonyl (C=O) groups is 1. The highest BCUT2D eigenvalue weighted by molar-refractivity contribution is 5.87.